The quantitative estimate of drug-likeness (QED) is 0.657. The standard InChI is InChI=1S/C4H10.W/c1-3-4-2;/h3-4H2,1-2H3;. The first-order valence-corrected chi connectivity index (χ1v) is 1.91. The fraction of sp³-hybridized carbons (Fsp3) is 1.00. The Bertz CT molecular complexity index is 5.61. The average molecular weight is 242 g/mol. The van der Waals surface area contributed by atoms with Crippen LogP contribution in [0.25, 0.3) is 0 Å². The molecule has 0 rings (SSSR count). The summed E-state index contributed by atoms with van der Waals surface area (Å²) < 4.78 is 0. The van der Waals surface area contributed by atoms with E-state index >= 15 is 0 Å². The van der Waals surface area contributed by atoms with E-state index in [9.17, 15) is 0 Å². The summed E-state index contributed by atoms with van der Waals surface area (Å²) in [5.41, 5.74) is 0. The minimum Gasteiger partial charge on any atom is -0.0654 e. The molecule has 0 aromatic carbocycles. The smallest absolute Gasteiger partial charge is 0 e. The van der Waals surface area contributed by atoms with Crippen LogP contribution in [0.15, 0.2) is 0 Å². The van der Waals surface area contributed by atoms with Crippen molar-refractivity contribution in [2.75, 3.05) is 0 Å². The van der Waals surface area contributed by atoms with Gasteiger partial charge in [0.15, 0.2) is 0 Å². The van der Waals surface area contributed by atoms with E-state index in [0.29, 0.717) is 0 Å². The molecule has 0 atom stereocenters. The van der Waals surface area contributed by atoms with Crippen molar-refractivity contribution in [2.24, 2.45) is 0 Å². The molecule has 0 aliphatic rings. The number of hydrogen-bond acceptors (Lipinski definition) is 0. The molecule has 32 valence electrons. The summed E-state index contributed by atoms with van der Waals surface area (Å²) in [4.78, 5) is 0. The number of hydrogen-bond donors (Lipinski definition) is 0. The van der Waals surface area contributed by atoms with Crippen LogP contribution in [-0.2, 0) is 21.1 Å². The van der Waals surface area contributed by atoms with Gasteiger partial charge in [-0.3, -0.25) is 0 Å². The monoisotopic (exact) mass is 242 g/mol. The molecule has 0 aliphatic heterocycles. The molecule has 0 aromatic heterocycles. The van der Waals surface area contributed by atoms with Gasteiger partial charge in [0.25, 0.3) is 0 Å². The van der Waals surface area contributed by atoms with Gasteiger partial charge in [-0.05, 0) is 0 Å². The SMILES string of the molecule is CCCC.[W]. The van der Waals surface area contributed by atoms with Gasteiger partial charge in [-0.25, -0.2) is 0 Å². The van der Waals surface area contributed by atoms with Crippen LogP contribution in [0.1, 0.15) is 26.7 Å². The van der Waals surface area contributed by atoms with E-state index in [4.69, 9.17) is 0 Å². The second kappa shape index (κ2) is 8.82. The van der Waals surface area contributed by atoms with E-state index in [1.807, 2.05) is 0 Å². The molecule has 0 saturated carbocycles. The molecule has 0 aliphatic carbocycles. The zero-order valence-corrected chi connectivity index (χ0v) is 6.76. The van der Waals surface area contributed by atoms with E-state index in [1.165, 1.54) is 12.8 Å². The van der Waals surface area contributed by atoms with E-state index in [1.54, 1.807) is 0 Å². The molecule has 5 heavy (non-hydrogen) atoms. The van der Waals surface area contributed by atoms with Crippen molar-refractivity contribution in [1.82, 2.24) is 0 Å². The Morgan fingerprint density at radius 2 is 1.20 bits per heavy atom. The summed E-state index contributed by atoms with van der Waals surface area (Å²) in [5, 5.41) is 0. The van der Waals surface area contributed by atoms with Gasteiger partial charge in [-0.15, -0.1) is 0 Å². The predicted octanol–water partition coefficient (Wildman–Crippen LogP) is 1.80. The molecule has 0 saturated heterocycles. The van der Waals surface area contributed by atoms with Gasteiger partial charge in [0.05, 0.1) is 0 Å². The van der Waals surface area contributed by atoms with Crippen molar-refractivity contribution >= 4 is 0 Å². The van der Waals surface area contributed by atoms with E-state index in [2.05, 4.69) is 13.8 Å². The first-order chi connectivity index (χ1) is 1.91. The third-order valence-electron chi connectivity index (χ3n) is 0.500. The summed E-state index contributed by atoms with van der Waals surface area (Å²) in [6.45, 7) is 4.36. The Morgan fingerprint density at radius 1 is 1.00 bits per heavy atom. The Labute approximate surface area is 48.2 Å². The number of unbranched alkanes of at least 4 members (excludes halogenated alkanes) is 1. The largest absolute Gasteiger partial charge is 0.0654 e. The average Bonchev–Trinajstić information content (AvgIpc) is 1.37. The first kappa shape index (κ1) is 9.19. The van der Waals surface area contributed by atoms with Crippen molar-refractivity contribution in [3.05, 3.63) is 0 Å². The fourth-order valence-corrected chi connectivity index (χ4v) is 0. The van der Waals surface area contributed by atoms with Crippen molar-refractivity contribution in [2.45, 2.75) is 26.7 Å². The van der Waals surface area contributed by atoms with E-state index < -0.39 is 0 Å². The Kier molecular flexibility index (Phi) is 16.2. The molecule has 0 heterocycles. The second-order valence-electron chi connectivity index (χ2n) is 1.000. The van der Waals surface area contributed by atoms with Gasteiger partial charge in [-0.1, -0.05) is 26.7 Å². The molecule has 0 unspecified atom stereocenters. The van der Waals surface area contributed by atoms with Gasteiger partial charge < -0.3 is 0 Å². The minimum absolute atomic E-state index is 0. The van der Waals surface area contributed by atoms with Gasteiger partial charge in [0.2, 0.25) is 0 Å². The molecular formula is C4H10W. The van der Waals surface area contributed by atoms with Crippen LogP contribution in [0, 0.1) is 0 Å². The molecule has 0 N–H and O–H groups in total. The zero-order valence-electron chi connectivity index (χ0n) is 3.82. The van der Waals surface area contributed by atoms with Crippen molar-refractivity contribution in [1.29, 1.82) is 0 Å². The maximum absolute atomic E-state index is 2.18. The normalized spacial score (nSPS) is 6.00. The third kappa shape index (κ3) is 11.9. The molecule has 0 bridgehead atoms. The summed E-state index contributed by atoms with van der Waals surface area (Å²) in [6.07, 6.45) is 2.64. The van der Waals surface area contributed by atoms with Gasteiger partial charge in [-0.2, -0.15) is 0 Å². The number of rotatable bonds is 1. The summed E-state index contributed by atoms with van der Waals surface area (Å²) in [5.74, 6) is 0. The zero-order chi connectivity index (χ0) is 3.41. The Morgan fingerprint density at radius 3 is 1.20 bits per heavy atom. The van der Waals surface area contributed by atoms with Crippen molar-refractivity contribution < 1.29 is 21.1 Å². The molecule has 0 fully saturated rings. The molecule has 0 nitrogen and oxygen atoms in total. The minimum atomic E-state index is 0. The molecule has 1 heteroatoms. The first-order valence-electron chi connectivity index (χ1n) is 1.91. The van der Waals surface area contributed by atoms with Crippen molar-refractivity contribution in [3.8, 4) is 0 Å². The predicted molar refractivity (Wildman–Crippen MR) is 20.6 cm³/mol. The molecule has 0 radical (unpaired) electrons. The fourth-order valence-electron chi connectivity index (χ4n) is 0. The van der Waals surface area contributed by atoms with Crippen LogP contribution in [0.2, 0.25) is 0 Å². The van der Waals surface area contributed by atoms with Gasteiger partial charge in [0.1, 0.15) is 0 Å². The van der Waals surface area contributed by atoms with Crippen molar-refractivity contribution in [3.63, 3.8) is 0 Å². The molecule has 0 aromatic rings. The second-order valence-corrected chi connectivity index (χ2v) is 1.000. The third-order valence-corrected chi connectivity index (χ3v) is 0.500. The molecule has 0 spiro atoms. The van der Waals surface area contributed by atoms with Crippen LogP contribution < -0.4 is 0 Å². The maximum Gasteiger partial charge on any atom is 0 e. The Hall–Kier alpha value is 0.688. The van der Waals surface area contributed by atoms with Crippen LogP contribution in [-0.4, -0.2) is 0 Å². The van der Waals surface area contributed by atoms with E-state index in [0.717, 1.165) is 0 Å². The van der Waals surface area contributed by atoms with Crippen LogP contribution in [0.3, 0.4) is 0 Å². The van der Waals surface area contributed by atoms with Gasteiger partial charge >= 0.3 is 0 Å². The summed E-state index contributed by atoms with van der Waals surface area (Å²) >= 11 is 0. The topological polar surface area (TPSA) is 0 Å². The van der Waals surface area contributed by atoms with Crippen LogP contribution >= 0.6 is 0 Å². The molecular weight excluding hydrogens is 232 g/mol. The van der Waals surface area contributed by atoms with E-state index in [-0.39, 0.29) is 21.1 Å². The Balaban J connectivity index is 0. The molecule has 0 amide bonds. The maximum atomic E-state index is 2.18. The summed E-state index contributed by atoms with van der Waals surface area (Å²) in [7, 11) is 0. The van der Waals surface area contributed by atoms with Crippen LogP contribution in [0.4, 0.5) is 0 Å². The van der Waals surface area contributed by atoms with Crippen LogP contribution in [0.5, 0.6) is 0 Å². The van der Waals surface area contributed by atoms with Gasteiger partial charge in [0, 0.05) is 21.1 Å². The summed E-state index contributed by atoms with van der Waals surface area (Å²) in [6, 6.07) is 0.